The van der Waals surface area contributed by atoms with Crippen LogP contribution in [0.3, 0.4) is 0 Å². The number of carbonyl (C=O) groups is 2. The molecule has 2 N–H and O–H groups in total. The fourth-order valence-corrected chi connectivity index (χ4v) is 5.53. The van der Waals surface area contributed by atoms with Gasteiger partial charge in [0.1, 0.15) is 18.0 Å². The van der Waals surface area contributed by atoms with Crippen LogP contribution in [0, 0.1) is 5.82 Å². The smallest absolute Gasteiger partial charge is 0.319 e. The second-order valence-electron chi connectivity index (χ2n) is 11.2. The van der Waals surface area contributed by atoms with Crippen LogP contribution in [0.25, 0.3) is 0 Å². The Balaban J connectivity index is 1.43. The van der Waals surface area contributed by atoms with Crippen molar-refractivity contribution in [2.45, 2.75) is 57.5 Å². The maximum atomic E-state index is 14.3. The first-order chi connectivity index (χ1) is 22.5. The first-order valence-corrected chi connectivity index (χ1v) is 15.6. The first kappa shape index (κ1) is 32.8. The lowest BCUT2D eigenvalue weighted by Crippen LogP contribution is -2.68. The van der Waals surface area contributed by atoms with Gasteiger partial charge in [0.2, 0.25) is 0 Å². The third-order valence-electron chi connectivity index (χ3n) is 7.81. The van der Waals surface area contributed by atoms with Gasteiger partial charge < -0.3 is 29.7 Å². The number of nitrogens with one attached hydrogen (secondary N) is 2. The van der Waals surface area contributed by atoms with Gasteiger partial charge >= 0.3 is 6.03 Å². The maximum Gasteiger partial charge on any atom is 0.319 e. The average molecular weight is 626 g/mol. The molecule has 0 spiro atoms. The summed E-state index contributed by atoms with van der Waals surface area (Å²) in [7, 11) is 0. The summed E-state index contributed by atoms with van der Waals surface area (Å²) < 4.78 is 33.0. The van der Waals surface area contributed by atoms with Crippen LogP contribution in [-0.2, 0) is 38.8 Å². The number of urea groups is 1. The number of carbonyl (C=O) groups excluding carboxylic acids is 2. The molecule has 9 heteroatoms. The van der Waals surface area contributed by atoms with Crippen LogP contribution in [0.4, 0.5) is 14.9 Å². The van der Waals surface area contributed by atoms with Crippen LogP contribution in [0.1, 0.15) is 30.0 Å². The fourth-order valence-electron chi connectivity index (χ4n) is 5.53. The Labute approximate surface area is 269 Å². The second kappa shape index (κ2) is 16.7. The molecule has 0 aliphatic carbocycles. The van der Waals surface area contributed by atoms with E-state index in [2.05, 4.69) is 10.6 Å². The monoisotopic (exact) mass is 625 g/mol. The molecule has 0 aromatic heterocycles. The van der Waals surface area contributed by atoms with Crippen molar-refractivity contribution in [1.29, 1.82) is 0 Å². The molecule has 0 radical (unpaired) electrons. The lowest BCUT2D eigenvalue weighted by atomic mass is 9.91. The first-order valence-electron chi connectivity index (χ1n) is 15.6. The Bertz CT molecular complexity index is 1510. The van der Waals surface area contributed by atoms with Gasteiger partial charge in [-0.2, -0.15) is 0 Å². The zero-order valence-electron chi connectivity index (χ0n) is 25.9. The summed E-state index contributed by atoms with van der Waals surface area (Å²) in [6, 6.07) is 33.7. The van der Waals surface area contributed by atoms with Crippen molar-refractivity contribution in [3.63, 3.8) is 0 Å². The molecule has 1 saturated heterocycles. The Morgan fingerprint density at radius 3 is 1.74 bits per heavy atom. The predicted octanol–water partition coefficient (Wildman–Crippen LogP) is 6.32. The SMILES string of the molecule is CCCN1C(=O)[C@H](OCc2ccccc2)[C@H](OCc2ccccc2)[C@H](OCc2ccccc2)[C@H]1CNC(=O)Nc1ccc(F)cc1. The van der Waals surface area contributed by atoms with Crippen molar-refractivity contribution in [2.75, 3.05) is 18.4 Å². The summed E-state index contributed by atoms with van der Waals surface area (Å²) in [4.78, 5) is 29.0. The van der Waals surface area contributed by atoms with E-state index in [0.717, 1.165) is 16.7 Å². The van der Waals surface area contributed by atoms with Crippen molar-refractivity contribution in [2.24, 2.45) is 0 Å². The Morgan fingerprint density at radius 1 is 0.717 bits per heavy atom. The van der Waals surface area contributed by atoms with Gasteiger partial charge in [-0.05, 0) is 47.4 Å². The van der Waals surface area contributed by atoms with Crippen molar-refractivity contribution in [1.82, 2.24) is 10.2 Å². The van der Waals surface area contributed by atoms with Gasteiger partial charge in [-0.25, -0.2) is 9.18 Å². The predicted molar refractivity (Wildman–Crippen MR) is 174 cm³/mol. The van der Waals surface area contributed by atoms with Crippen LogP contribution in [-0.4, -0.2) is 54.3 Å². The standard InChI is InChI=1S/C37H40FN3O5/c1-2-22-41-32(23-39-37(43)40-31-20-18-30(38)19-21-31)33(44-24-27-12-6-3-7-13-27)34(45-25-28-14-8-4-9-15-28)35(36(41)42)46-26-29-16-10-5-11-17-29/h3-21,32-35H,2,22-26H2,1H3,(H2,39,40,43)/t32-,33-,34-,35-/m1/s1. The molecular weight excluding hydrogens is 585 g/mol. The van der Waals surface area contributed by atoms with Gasteiger partial charge in [0, 0.05) is 18.8 Å². The molecule has 1 aliphatic rings. The number of amides is 3. The number of halogens is 1. The van der Waals surface area contributed by atoms with Crippen LogP contribution < -0.4 is 10.6 Å². The van der Waals surface area contributed by atoms with Gasteiger partial charge in [0.25, 0.3) is 5.91 Å². The van der Waals surface area contributed by atoms with E-state index in [1.165, 1.54) is 24.3 Å². The molecule has 4 atom stereocenters. The minimum Gasteiger partial charge on any atom is -0.368 e. The molecule has 4 aromatic carbocycles. The van der Waals surface area contributed by atoms with Crippen LogP contribution >= 0.6 is 0 Å². The molecular formula is C37H40FN3O5. The highest BCUT2D eigenvalue weighted by molar-refractivity contribution is 5.89. The molecule has 5 rings (SSSR count). The molecule has 3 amide bonds. The van der Waals surface area contributed by atoms with E-state index >= 15 is 0 Å². The number of nitrogens with zero attached hydrogens (tertiary/aromatic N) is 1. The summed E-state index contributed by atoms with van der Waals surface area (Å²) in [6.45, 7) is 3.26. The largest absolute Gasteiger partial charge is 0.368 e. The number of likely N-dealkylation sites (tertiary alicyclic amines) is 1. The molecule has 0 unspecified atom stereocenters. The number of rotatable bonds is 14. The third kappa shape index (κ3) is 9.00. The van der Waals surface area contributed by atoms with Crippen molar-refractivity contribution >= 4 is 17.6 Å². The van der Waals surface area contributed by atoms with E-state index in [4.69, 9.17) is 14.2 Å². The number of piperidine rings is 1. The van der Waals surface area contributed by atoms with E-state index < -0.39 is 36.2 Å². The average Bonchev–Trinajstić information content (AvgIpc) is 3.09. The van der Waals surface area contributed by atoms with Crippen LogP contribution in [0.5, 0.6) is 0 Å². The minimum absolute atomic E-state index is 0.0921. The molecule has 1 heterocycles. The quantitative estimate of drug-likeness (QED) is 0.171. The molecule has 0 bridgehead atoms. The Morgan fingerprint density at radius 2 is 1.22 bits per heavy atom. The van der Waals surface area contributed by atoms with Crippen LogP contribution in [0.15, 0.2) is 115 Å². The summed E-state index contributed by atoms with van der Waals surface area (Å²) in [5.41, 5.74) is 3.29. The van der Waals surface area contributed by atoms with Crippen molar-refractivity contribution in [3.8, 4) is 0 Å². The van der Waals surface area contributed by atoms with Crippen molar-refractivity contribution < 1.29 is 28.2 Å². The normalized spacial score (nSPS) is 19.5. The van der Waals surface area contributed by atoms with Gasteiger partial charge in [-0.15, -0.1) is 0 Å². The number of benzene rings is 4. The molecule has 4 aromatic rings. The summed E-state index contributed by atoms with van der Waals surface area (Å²) in [5, 5.41) is 5.63. The molecule has 8 nitrogen and oxygen atoms in total. The summed E-state index contributed by atoms with van der Waals surface area (Å²) >= 11 is 0. The van der Waals surface area contributed by atoms with E-state index in [1.807, 2.05) is 97.9 Å². The van der Waals surface area contributed by atoms with Gasteiger partial charge in [0.05, 0.1) is 25.9 Å². The number of ether oxygens (including phenoxy) is 3. The Kier molecular flexibility index (Phi) is 11.9. The third-order valence-corrected chi connectivity index (χ3v) is 7.81. The number of hydrogen-bond donors (Lipinski definition) is 2. The van der Waals surface area contributed by atoms with Gasteiger partial charge in [-0.3, -0.25) is 4.79 Å². The van der Waals surface area contributed by atoms with Gasteiger partial charge in [-0.1, -0.05) is 97.9 Å². The second-order valence-corrected chi connectivity index (χ2v) is 11.2. The number of anilines is 1. The van der Waals surface area contributed by atoms with E-state index in [-0.39, 0.29) is 32.3 Å². The zero-order valence-corrected chi connectivity index (χ0v) is 25.9. The highest BCUT2D eigenvalue weighted by Gasteiger charge is 2.50. The van der Waals surface area contributed by atoms with Crippen molar-refractivity contribution in [3.05, 3.63) is 138 Å². The van der Waals surface area contributed by atoms with E-state index in [0.29, 0.717) is 18.7 Å². The van der Waals surface area contributed by atoms with Crippen LogP contribution in [0.2, 0.25) is 0 Å². The van der Waals surface area contributed by atoms with E-state index in [1.54, 1.807) is 4.90 Å². The molecule has 240 valence electrons. The maximum absolute atomic E-state index is 14.3. The lowest BCUT2D eigenvalue weighted by molar-refractivity contribution is -0.208. The highest BCUT2D eigenvalue weighted by atomic mass is 19.1. The summed E-state index contributed by atoms with van der Waals surface area (Å²) in [5.74, 6) is -0.619. The molecule has 1 fully saturated rings. The topological polar surface area (TPSA) is 89.1 Å². The van der Waals surface area contributed by atoms with Gasteiger partial charge in [0.15, 0.2) is 6.10 Å². The summed E-state index contributed by atoms with van der Waals surface area (Å²) in [6.07, 6.45) is -1.68. The molecule has 1 aliphatic heterocycles. The molecule has 46 heavy (non-hydrogen) atoms. The van der Waals surface area contributed by atoms with E-state index in [9.17, 15) is 14.0 Å². The number of hydrogen-bond acceptors (Lipinski definition) is 5. The minimum atomic E-state index is -0.944. The Hall–Kier alpha value is -4.57. The highest BCUT2D eigenvalue weighted by Crippen LogP contribution is 2.30. The zero-order chi connectivity index (χ0) is 32.1. The molecule has 0 saturated carbocycles. The lowest BCUT2D eigenvalue weighted by Gasteiger charge is -2.48. The fraction of sp³-hybridized carbons (Fsp3) is 0.297.